The second kappa shape index (κ2) is 7.52. The molecule has 0 spiro atoms. The largest absolute Gasteiger partial charge is 0.366 e. The third-order valence-electron chi connectivity index (χ3n) is 3.92. The van der Waals surface area contributed by atoms with Crippen molar-refractivity contribution in [2.45, 2.75) is 13.5 Å². The first-order valence-corrected chi connectivity index (χ1v) is 8.08. The molecule has 0 aliphatic heterocycles. The van der Waals surface area contributed by atoms with Crippen LogP contribution < -0.4 is 16.4 Å². The van der Waals surface area contributed by atoms with E-state index in [1.54, 1.807) is 41.2 Å². The Morgan fingerprint density at radius 3 is 2.50 bits per heavy atom. The molecule has 4 N–H and O–H groups in total. The van der Waals surface area contributed by atoms with Crippen molar-refractivity contribution in [2.24, 2.45) is 5.73 Å². The molecule has 3 amide bonds. The normalized spacial score (nSPS) is 10.3. The Kier molecular flexibility index (Phi) is 4.98. The second-order valence-corrected chi connectivity index (χ2v) is 5.78. The van der Waals surface area contributed by atoms with Gasteiger partial charge in [0.05, 0.1) is 11.9 Å². The van der Waals surface area contributed by atoms with E-state index in [0.29, 0.717) is 17.9 Å². The molecule has 26 heavy (non-hydrogen) atoms. The van der Waals surface area contributed by atoms with Gasteiger partial charge in [0, 0.05) is 18.2 Å². The van der Waals surface area contributed by atoms with Crippen LogP contribution in [0.4, 0.5) is 10.6 Å². The highest BCUT2D eigenvalue weighted by Gasteiger charge is 2.10. The van der Waals surface area contributed by atoms with Crippen LogP contribution in [-0.4, -0.2) is 21.7 Å². The third-order valence-corrected chi connectivity index (χ3v) is 3.92. The van der Waals surface area contributed by atoms with Crippen molar-refractivity contribution in [3.05, 3.63) is 77.5 Å². The number of hydrogen-bond donors (Lipinski definition) is 3. The van der Waals surface area contributed by atoms with Gasteiger partial charge in [0.2, 0.25) is 5.91 Å². The minimum absolute atomic E-state index is 0.323. The summed E-state index contributed by atoms with van der Waals surface area (Å²) in [5.74, 6) is 0.0904. The predicted molar refractivity (Wildman–Crippen MR) is 99.1 cm³/mol. The van der Waals surface area contributed by atoms with Gasteiger partial charge in [-0.1, -0.05) is 30.3 Å². The SMILES string of the molecule is Cc1ccccc1-n1nccc1NC(=O)NCc1ccc(C(N)=O)cc1. The number of rotatable bonds is 5. The summed E-state index contributed by atoms with van der Waals surface area (Å²) < 4.78 is 1.68. The summed E-state index contributed by atoms with van der Waals surface area (Å²) in [6, 6.07) is 15.9. The van der Waals surface area contributed by atoms with Crippen LogP contribution in [0.25, 0.3) is 5.69 Å². The van der Waals surface area contributed by atoms with Gasteiger partial charge in [-0.15, -0.1) is 0 Å². The fraction of sp³-hybridized carbons (Fsp3) is 0.105. The van der Waals surface area contributed by atoms with E-state index in [4.69, 9.17) is 5.73 Å². The number of anilines is 1. The molecule has 0 aliphatic rings. The summed E-state index contributed by atoms with van der Waals surface area (Å²) in [5.41, 5.74) is 8.45. The van der Waals surface area contributed by atoms with Crippen LogP contribution in [-0.2, 0) is 6.54 Å². The zero-order chi connectivity index (χ0) is 18.5. The first-order valence-electron chi connectivity index (χ1n) is 8.08. The van der Waals surface area contributed by atoms with Gasteiger partial charge in [-0.3, -0.25) is 10.1 Å². The molecule has 0 saturated heterocycles. The van der Waals surface area contributed by atoms with E-state index >= 15 is 0 Å². The summed E-state index contributed by atoms with van der Waals surface area (Å²) in [6.45, 7) is 2.31. The Hall–Kier alpha value is -3.61. The van der Waals surface area contributed by atoms with Crippen molar-refractivity contribution in [1.29, 1.82) is 0 Å². The number of carbonyl (C=O) groups excluding carboxylic acids is 2. The maximum absolute atomic E-state index is 12.2. The number of primary amides is 1. The van der Waals surface area contributed by atoms with Gasteiger partial charge < -0.3 is 11.1 Å². The quantitative estimate of drug-likeness (QED) is 0.660. The molecule has 1 heterocycles. The average molecular weight is 349 g/mol. The summed E-state index contributed by atoms with van der Waals surface area (Å²) in [5, 5.41) is 9.84. The second-order valence-electron chi connectivity index (χ2n) is 5.78. The van der Waals surface area contributed by atoms with Gasteiger partial charge >= 0.3 is 6.03 Å². The number of hydrogen-bond acceptors (Lipinski definition) is 3. The number of nitrogens with zero attached hydrogens (tertiary/aromatic N) is 2. The average Bonchev–Trinajstić information content (AvgIpc) is 3.08. The fourth-order valence-corrected chi connectivity index (χ4v) is 2.52. The van der Waals surface area contributed by atoms with Gasteiger partial charge in [-0.25, -0.2) is 9.48 Å². The Morgan fingerprint density at radius 2 is 1.81 bits per heavy atom. The van der Waals surface area contributed by atoms with Gasteiger partial charge in [0.25, 0.3) is 0 Å². The van der Waals surface area contributed by atoms with E-state index < -0.39 is 5.91 Å². The summed E-state index contributed by atoms with van der Waals surface area (Å²) >= 11 is 0. The first kappa shape index (κ1) is 17.2. The minimum atomic E-state index is -0.480. The monoisotopic (exact) mass is 349 g/mol. The molecule has 0 radical (unpaired) electrons. The highest BCUT2D eigenvalue weighted by Crippen LogP contribution is 2.18. The van der Waals surface area contributed by atoms with E-state index in [0.717, 1.165) is 16.8 Å². The molecule has 3 aromatic rings. The number of aromatic nitrogens is 2. The Labute approximate surface area is 150 Å². The van der Waals surface area contributed by atoms with Crippen molar-refractivity contribution < 1.29 is 9.59 Å². The molecule has 132 valence electrons. The molecule has 7 nitrogen and oxygen atoms in total. The maximum atomic E-state index is 12.2. The van der Waals surface area contributed by atoms with E-state index in [2.05, 4.69) is 15.7 Å². The van der Waals surface area contributed by atoms with Crippen LogP contribution in [0.2, 0.25) is 0 Å². The van der Waals surface area contributed by atoms with E-state index in [1.807, 2.05) is 31.2 Å². The van der Waals surface area contributed by atoms with Crippen molar-refractivity contribution >= 4 is 17.8 Å². The molecule has 0 bridgehead atoms. The standard InChI is InChI=1S/C19H19N5O2/c1-13-4-2-3-5-16(13)24-17(10-11-22-24)23-19(26)21-12-14-6-8-15(9-7-14)18(20)25/h2-11H,12H2,1H3,(H2,20,25)(H2,21,23,26). The molecule has 0 unspecified atom stereocenters. The minimum Gasteiger partial charge on any atom is -0.366 e. The first-order chi connectivity index (χ1) is 12.5. The van der Waals surface area contributed by atoms with Crippen LogP contribution in [0, 0.1) is 6.92 Å². The Balaban J connectivity index is 1.63. The lowest BCUT2D eigenvalue weighted by Gasteiger charge is -2.12. The number of amides is 3. The van der Waals surface area contributed by atoms with Crippen LogP contribution in [0.3, 0.4) is 0 Å². The Morgan fingerprint density at radius 1 is 1.08 bits per heavy atom. The molecule has 0 atom stereocenters. The van der Waals surface area contributed by atoms with E-state index in [9.17, 15) is 9.59 Å². The molecule has 3 rings (SSSR count). The van der Waals surface area contributed by atoms with Gasteiger partial charge in [0.15, 0.2) is 0 Å². The van der Waals surface area contributed by atoms with Crippen molar-refractivity contribution in [1.82, 2.24) is 15.1 Å². The van der Waals surface area contributed by atoms with E-state index in [1.165, 1.54) is 0 Å². The maximum Gasteiger partial charge on any atom is 0.320 e. The summed E-state index contributed by atoms with van der Waals surface area (Å²) in [7, 11) is 0. The van der Waals surface area contributed by atoms with Crippen LogP contribution in [0.1, 0.15) is 21.5 Å². The number of benzene rings is 2. The zero-order valence-electron chi connectivity index (χ0n) is 14.3. The third kappa shape index (κ3) is 3.89. The highest BCUT2D eigenvalue weighted by molar-refractivity contribution is 5.92. The zero-order valence-corrected chi connectivity index (χ0v) is 14.3. The molecule has 0 saturated carbocycles. The molecule has 0 fully saturated rings. The molecular weight excluding hydrogens is 330 g/mol. The van der Waals surface area contributed by atoms with Gasteiger partial charge in [-0.2, -0.15) is 5.10 Å². The highest BCUT2D eigenvalue weighted by atomic mass is 16.2. The predicted octanol–water partition coefficient (Wildman–Crippen LogP) is 2.60. The van der Waals surface area contributed by atoms with Crippen molar-refractivity contribution in [2.75, 3.05) is 5.32 Å². The number of urea groups is 1. The Bertz CT molecular complexity index is 931. The fourth-order valence-electron chi connectivity index (χ4n) is 2.52. The topological polar surface area (TPSA) is 102 Å². The lowest BCUT2D eigenvalue weighted by molar-refractivity contribution is 0.1000. The molecule has 0 aliphatic carbocycles. The molecule has 2 aromatic carbocycles. The van der Waals surface area contributed by atoms with Crippen molar-refractivity contribution in [3.63, 3.8) is 0 Å². The smallest absolute Gasteiger partial charge is 0.320 e. The molecule has 7 heteroatoms. The lowest BCUT2D eigenvalue weighted by atomic mass is 10.1. The number of aryl methyl sites for hydroxylation is 1. The van der Waals surface area contributed by atoms with Gasteiger partial charge in [-0.05, 0) is 36.2 Å². The van der Waals surface area contributed by atoms with Crippen molar-refractivity contribution in [3.8, 4) is 5.69 Å². The molecular formula is C19H19N5O2. The van der Waals surface area contributed by atoms with Crippen LogP contribution >= 0.6 is 0 Å². The van der Waals surface area contributed by atoms with Crippen LogP contribution in [0.5, 0.6) is 0 Å². The number of para-hydroxylation sites is 1. The van der Waals surface area contributed by atoms with Gasteiger partial charge in [0.1, 0.15) is 5.82 Å². The number of carbonyl (C=O) groups is 2. The van der Waals surface area contributed by atoms with Crippen LogP contribution in [0.15, 0.2) is 60.8 Å². The van der Waals surface area contributed by atoms with E-state index in [-0.39, 0.29) is 6.03 Å². The summed E-state index contributed by atoms with van der Waals surface area (Å²) in [4.78, 5) is 23.3. The number of nitrogens with one attached hydrogen (secondary N) is 2. The lowest BCUT2D eigenvalue weighted by Crippen LogP contribution is -2.29. The molecule has 1 aromatic heterocycles. The number of nitrogens with two attached hydrogens (primary N) is 1. The summed E-state index contributed by atoms with van der Waals surface area (Å²) in [6.07, 6.45) is 1.63.